The second-order valence-electron chi connectivity index (χ2n) is 7.89. The lowest BCUT2D eigenvalue weighted by atomic mass is 9.98. The first-order valence-electron chi connectivity index (χ1n) is 11.4. The Bertz CT molecular complexity index is 275. The fourth-order valence-electron chi connectivity index (χ4n) is 3.62. The summed E-state index contributed by atoms with van der Waals surface area (Å²) in [4.78, 5) is 10.9. The lowest BCUT2D eigenvalue weighted by Crippen LogP contribution is -2.12. The van der Waals surface area contributed by atoms with Crippen LogP contribution in [0.15, 0.2) is 0 Å². The molecule has 25 heavy (non-hydrogen) atoms. The minimum atomic E-state index is -0.612. The monoisotopic (exact) mass is 354 g/mol. The summed E-state index contributed by atoms with van der Waals surface area (Å²) in [5.41, 5.74) is 0. The van der Waals surface area contributed by atoms with E-state index in [1.807, 2.05) is 6.92 Å². The molecule has 0 spiro atoms. The second-order valence-corrected chi connectivity index (χ2v) is 7.89. The van der Waals surface area contributed by atoms with Crippen molar-refractivity contribution < 1.29 is 9.90 Å². The molecule has 2 nitrogen and oxygen atoms in total. The first-order chi connectivity index (χ1) is 12.2. The predicted octanol–water partition coefficient (Wildman–Crippen LogP) is 8.14. The van der Waals surface area contributed by atoms with E-state index in [1.165, 1.54) is 103 Å². The van der Waals surface area contributed by atoms with Gasteiger partial charge in [0.05, 0.1) is 5.92 Å². The Kier molecular flexibility index (Phi) is 19.4. The maximum absolute atomic E-state index is 10.9. The van der Waals surface area contributed by atoms with Gasteiger partial charge in [0.15, 0.2) is 0 Å². The van der Waals surface area contributed by atoms with E-state index in [0.717, 1.165) is 19.3 Å². The van der Waals surface area contributed by atoms with E-state index in [0.29, 0.717) is 0 Å². The average molecular weight is 355 g/mol. The summed E-state index contributed by atoms with van der Waals surface area (Å²) in [5, 5.41) is 9.01. The smallest absolute Gasteiger partial charge is 0.306 e. The molecule has 0 heterocycles. The second kappa shape index (κ2) is 19.8. The van der Waals surface area contributed by atoms with E-state index in [2.05, 4.69) is 6.92 Å². The lowest BCUT2D eigenvalue weighted by Gasteiger charge is -2.08. The zero-order valence-electron chi connectivity index (χ0n) is 17.4. The van der Waals surface area contributed by atoms with Gasteiger partial charge >= 0.3 is 5.97 Å². The summed E-state index contributed by atoms with van der Waals surface area (Å²) in [6, 6.07) is 0. The van der Waals surface area contributed by atoms with Crippen LogP contribution in [0.1, 0.15) is 136 Å². The molecule has 0 saturated heterocycles. The number of unbranched alkanes of at least 4 members (excludes halogenated alkanes) is 16. The number of carboxylic acid groups (broad SMARTS) is 1. The van der Waals surface area contributed by atoms with E-state index in [-0.39, 0.29) is 5.92 Å². The van der Waals surface area contributed by atoms with Gasteiger partial charge in [-0.1, -0.05) is 123 Å². The molecule has 0 rings (SSSR count). The number of hydrogen-bond acceptors (Lipinski definition) is 1. The minimum absolute atomic E-state index is 0.114. The van der Waals surface area contributed by atoms with Crippen molar-refractivity contribution in [2.45, 2.75) is 136 Å². The number of aliphatic carboxylic acids is 1. The molecule has 0 fully saturated rings. The molecule has 0 aliphatic carbocycles. The van der Waals surface area contributed by atoms with Gasteiger partial charge in [0.1, 0.15) is 0 Å². The van der Waals surface area contributed by atoms with Crippen molar-refractivity contribution in [3.8, 4) is 0 Å². The largest absolute Gasteiger partial charge is 0.481 e. The Balaban J connectivity index is 3.11. The zero-order chi connectivity index (χ0) is 18.6. The van der Waals surface area contributed by atoms with Gasteiger partial charge < -0.3 is 5.11 Å². The van der Waals surface area contributed by atoms with Gasteiger partial charge in [0.2, 0.25) is 0 Å². The Hall–Kier alpha value is -0.530. The zero-order valence-corrected chi connectivity index (χ0v) is 17.4. The minimum Gasteiger partial charge on any atom is -0.481 e. The molecule has 0 aliphatic rings. The fourth-order valence-corrected chi connectivity index (χ4v) is 3.62. The van der Waals surface area contributed by atoms with E-state index >= 15 is 0 Å². The SMILES string of the molecule is CCCCCCCCCCCCCCCCCCCC(CC)C(=O)O. The predicted molar refractivity (Wildman–Crippen MR) is 110 cm³/mol. The van der Waals surface area contributed by atoms with Crippen LogP contribution in [0, 0.1) is 5.92 Å². The van der Waals surface area contributed by atoms with Crippen molar-refractivity contribution >= 4 is 5.97 Å². The van der Waals surface area contributed by atoms with E-state index < -0.39 is 5.97 Å². The summed E-state index contributed by atoms with van der Waals surface area (Å²) >= 11 is 0. The highest BCUT2D eigenvalue weighted by molar-refractivity contribution is 5.69. The molecular weight excluding hydrogens is 308 g/mol. The summed E-state index contributed by atoms with van der Waals surface area (Å²) < 4.78 is 0. The number of carbonyl (C=O) groups is 1. The van der Waals surface area contributed by atoms with Gasteiger partial charge in [-0.25, -0.2) is 0 Å². The maximum Gasteiger partial charge on any atom is 0.306 e. The van der Waals surface area contributed by atoms with Crippen LogP contribution in [0.5, 0.6) is 0 Å². The summed E-state index contributed by atoms with van der Waals surface area (Å²) in [5.74, 6) is -0.727. The Morgan fingerprint density at radius 1 is 0.600 bits per heavy atom. The van der Waals surface area contributed by atoms with Crippen LogP contribution in [-0.2, 0) is 4.79 Å². The molecule has 0 aliphatic heterocycles. The van der Waals surface area contributed by atoms with E-state index in [1.54, 1.807) is 0 Å². The quantitative estimate of drug-likeness (QED) is 0.224. The fraction of sp³-hybridized carbons (Fsp3) is 0.957. The van der Waals surface area contributed by atoms with Gasteiger partial charge in [-0.2, -0.15) is 0 Å². The molecule has 1 unspecified atom stereocenters. The number of hydrogen-bond donors (Lipinski definition) is 1. The average Bonchev–Trinajstić information content (AvgIpc) is 2.60. The van der Waals surface area contributed by atoms with Crippen molar-refractivity contribution in [2.75, 3.05) is 0 Å². The molecule has 2 heteroatoms. The van der Waals surface area contributed by atoms with E-state index in [9.17, 15) is 4.79 Å². The van der Waals surface area contributed by atoms with Gasteiger partial charge in [-0.15, -0.1) is 0 Å². The molecule has 0 amide bonds. The molecule has 0 saturated carbocycles. The molecule has 0 aromatic rings. The van der Waals surface area contributed by atoms with Crippen molar-refractivity contribution in [1.82, 2.24) is 0 Å². The molecule has 150 valence electrons. The van der Waals surface area contributed by atoms with Crippen LogP contribution >= 0.6 is 0 Å². The lowest BCUT2D eigenvalue weighted by molar-refractivity contribution is -0.142. The van der Waals surface area contributed by atoms with Gasteiger partial charge in [0, 0.05) is 0 Å². The molecule has 0 radical (unpaired) electrons. The van der Waals surface area contributed by atoms with Gasteiger partial charge in [-0.05, 0) is 12.8 Å². The highest BCUT2D eigenvalue weighted by Gasteiger charge is 2.13. The first-order valence-corrected chi connectivity index (χ1v) is 11.4. The summed E-state index contributed by atoms with van der Waals surface area (Å²) in [6.07, 6.45) is 25.0. The van der Waals surface area contributed by atoms with Gasteiger partial charge in [0.25, 0.3) is 0 Å². The van der Waals surface area contributed by atoms with Crippen LogP contribution in [0.2, 0.25) is 0 Å². The highest BCUT2D eigenvalue weighted by atomic mass is 16.4. The van der Waals surface area contributed by atoms with Crippen LogP contribution < -0.4 is 0 Å². The standard InChI is InChI=1S/C23H46O2/c1-3-5-6-7-8-9-10-11-12-13-14-15-16-17-18-19-20-21-22(4-2)23(24)25/h22H,3-21H2,1-2H3,(H,24,25). The third kappa shape index (κ3) is 18.1. The van der Waals surface area contributed by atoms with Crippen molar-refractivity contribution in [3.63, 3.8) is 0 Å². The number of rotatable bonds is 20. The van der Waals surface area contributed by atoms with Crippen LogP contribution in [-0.4, -0.2) is 11.1 Å². The third-order valence-electron chi connectivity index (χ3n) is 5.50. The summed E-state index contributed by atoms with van der Waals surface area (Å²) in [7, 11) is 0. The normalized spacial score (nSPS) is 12.4. The molecule has 0 aromatic carbocycles. The molecule has 0 bridgehead atoms. The van der Waals surface area contributed by atoms with Crippen LogP contribution in [0.4, 0.5) is 0 Å². The summed E-state index contributed by atoms with van der Waals surface area (Å²) in [6.45, 7) is 4.26. The number of carboxylic acids is 1. The maximum atomic E-state index is 10.9. The topological polar surface area (TPSA) is 37.3 Å². The van der Waals surface area contributed by atoms with Crippen molar-refractivity contribution in [2.24, 2.45) is 5.92 Å². The molecular formula is C23H46O2. The molecule has 0 aromatic heterocycles. The first kappa shape index (κ1) is 24.5. The van der Waals surface area contributed by atoms with E-state index in [4.69, 9.17) is 5.11 Å². The van der Waals surface area contributed by atoms with Crippen LogP contribution in [0.3, 0.4) is 0 Å². The molecule has 1 N–H and O–H groups in total. The Morgan fingerprint density at radius 2 is 0.920 bits per heavy atom. The van der Waals surface area contributed by atoms with Crippen molar-refractivity contribution in [3.05, 3.63) is 0 Å². The van der Waals surface area contributed by atoms with Crippen LogP contribution in [0.25, 0.3) is 0 Å². The Morgan fingerprint density at radius 3 is 1.20 bits per heavy atom. The highest BCUT2D eigenvalue weighted by Crippen LogP contribution is 2.16. The third-order valence-corrected chi connectivity index (χ3v) is 5.50. The molecule has 1 atom stereocenters. The Labute approximate surface area is 158 Å². The van der Waals surface area contributed by atoms with Crippen molar-refractivity contribution in [1.29, 1.82) is 0 Å². The van der Waals surface area contributed by atoms with Gasteiger partial charge in [-0.3, -0.25) is 4.79 Å².